The van der Waals surface area contributed by atoms with Crippen molar-refractivity contribution in [1.82, 2.24) is 4.90 Å². The van der Waals surface area contributed by atoms with Gasteiger partial charge in [-0.15, -0.1) is 11.8 Å². The molecule has 0 unspecified atom stereocenters. The van der Waals surface area contributed by atoms with Crippen molar-refractivity contribution >= 4 is 23.4 Å². The van der Waals surface area contributed by atoms with E-state index in [2.05, 4.69) is 24.0 Å². The van der Waals surface area contributed by atoms with Gasteiger partial charge in [0, 0.05) is 37.6 Å². The Morgan fingerprint density at radius 1 is 1.07 bits per heavy atom. The van der Waals surface area contributed by atoms with Crippen LogP contribution in [0.3, 0.4) is 0 Å². The maximum Gasteiger partial charge on any atom is 0.232 e. The van der Waals surface area contributed by atoms with Crippen molar-refractivity contribution in [3.8, 4) is 5.75 Å². The number of amides is 1. The summed E-state index contributed by atoms with van der Waals surface area (Å²) in [5.41, 5.74) is 3.32. The lowest BCUT2D eigenvalue weighted by Gasteiger charge is -2.36. The minimum atomic E-state index is -0.226. The largest absolute Gasteiger partial charge is 0.492 e. The molecule has 0 aromatic heterocycles. The lowest BCUT2D eigenvalue weighted by Crippen LogP contribution is -2.49. The third-order valence-electron chi connectivity index (χ3n) is 4.88. The number of thioether (sulfide) groups is 1. The van der Waals surface area contributed by atoms with Gasteiger partial charge in [0.1, 0.15) is 11.6 Å². The summed E-state index contributed by atoms with van der Waals surface area (Å²) in [5, 5.41) is 0. The van der Waals surface area contributed by atoms with Crippen molar-refractivity contribution in [2.75, 3.05) is 49.2 Å². The molecule has 0 saturated carbocycles. The fourth-order valence-corrected chi connectivity index (χ4v) is 3.89. The number of rotatable bonds is 7. The first-order valence-corrected chi connectivity index (χ1v) is 10.7. The zero-order valence-electron chi connectivity index (χ0n) is 16.5. The van der Waals surface area contributed by atoms with Crippen LogP contribution in [0.15, 0.2) is 42.5 Å². The first kappa shape index (κ1) is 20.5. The molecule has 0 aliphatic carbocycles. The molecule has 150 valence electrons. The smallest absolute Gasteiger partial charge is 0.232 e. The quantitative estimate of drug-likeness (QED) is 0.658. The van der Waals surface area contributed by atoms with E-state index in [0.717, 1.165) is 35.8 Å². The van der Waals surface area contributed by atoms with Crippen LogP contribution in [0.25, 0.3) is 0 Å². The normalized spacial score (nSPS) is 14.2. The number of hydrogen-bond acceptors (Lipinski definition) is 4. The molecule has 0 atom stereocenters. The van der Waals surface area contributed by atoms with Crippen LogP contribution < -0.4 is 9.64 Å². The minimum Gasteiger partial charge on any atom is -0.492 e. The van der Waals surface area contributed by atoms with Crippen molar-refractivity contribution in [1.29, 1.82) is 0 Å². The Kier molecular flexibility index (Phi) is 7.20. The SMILES string of the molecule is Cc1ccc(C)c(OCCSCC(=O)N2CCN(c3ccc(F)cc3)CC2)c1. The van der Waals surface area contributed by atoms with Crippen LogP contribution in [0.4, 0.5) is 10.1 Å². The van der Waals surface area contributed by atoms with E-state index in [1.54, 1.807) is 23.9 Å². The van der Waals surface area contributed by atoms with Crippen molar-refractivity contribution in [2.45, 2.75) is 13.8 Å². The standard InChI is InChI=1S/C22H27FN2O2S/c1-17-3-4-18(2)21(15-17)27-13-14-28-16-22(26)25-11-9-24(10-12-25)20-7-5-19(23)6-8-20/h3-8,15H,9-14,16H2,1-2H3. The second-order valence-corrected chi connectivity index (χ2v) is 8.12. The minimum absolute atomic E-state index is 0.176. The van der Waals surface area contributed by atoms with Crippen LogP contribution in [0, 0.1) is 19.7 Å². The zero-order valence-corrected chi connectivity index (χ0v) is 17.3. The highest BCUT2D eigenvalue weighted by Crippen LogP contribution is 2.20. The van der Waals surface area contributed by atoms with Gasteiger partial charge in [0.2, 0.25) is 5.91 Å². The number of nitrogens with zero attached hydrogens (tertiary/aromatic N) is 2. The summed E-state index contributed by atoms with van der Waals surface area (Å²) < 4.78 is 18.9. The summed E-state index contributed by atoms with van der Waals surface area (Å²) in [4.78, 5) is 16.5. The van der Waals surface area contributed by atoms with Gasteiger partial charge in [0.25, 0.3) is 0 Å². The van der Waals surface area contributed by atoms with E-state index in [1.807, 2.05) is 17.9 Å². The second-order valence-electron chi connectivity index (χ2n) is 7.01. The average Bonchev–Trinajstić information content (AvgIpc) is 2.71. The van der Waals surface area contributed by atoms with Crippen LogP contribution in [-0.4, -0.2) is 55.1 Å². The van der Waals surface area contributed by atoms with Gasteiger partial charge in [-0.2, -0.15) is 0 Å². The van der Waals surface area contributed by atoms with Crippen LogP contribution in [0.5, 0.6) is 5.75 Å². The number of hydrogen-bond donors (Lipinski definition) is 0. The Hall–Kier alpha value is -2.21. The number of ether oxygens (including phenoxy) is 1. The van der Waals surface area contributed by atoms with Crippen molar-refractivity contribution in [3.63, 3.8) is 0 Å². The summed E-state index contributed by atoms with van der Waals surface area (Å²) in [6, 6.07) is 12.7. The average molecular weight is 403 g/mol. The molecule has 1 aliphatic rings. The van der Waals surface area contributed by atoms with E-state index < -0.39 is 0 Å². The number of anilines is 1. The topological polar surface area (TPSA) is 32.8 Å². The highest BCUT2D eigenvalue weighted by Gasteiger charge is 2.21. The number of carbonyl (C=O) groups is 1. The molecule has 1 saturated heterocycles. The van der Waals surface area contributed by atoms with Crippen molar-refractivity contribution < 1.29 is 13.9 Å². The van der Waals surface area contributed by atoms with Gasteiger partial charge in [0.15, 0.2) is 0 Å². The molecular formula is C22H27FN2O2S. The van der Waals surface area contributed by atoms with Gasteiger partial charge in [-0.05, 0) is 55.3 Å². The van der Waals surface area contributed by atoms with Crippen LogP contribution in [0.2, 0.25) is 0 Å². The van der Waals surface area contributed by atoms with Crippen molar-refractivity contribution in [3.05, 3.63) is 59.4 Å². The van der Waals surface area contributed by atoms with Gasteiger partial charge < -0.3 is 14.5 Å². The Labute approximate surface area is 170 Å². The van der Waals surface area contributed by atoms with E-state index in [4.69, 9.17) is 4.74 Å². The molecule has 1 aliphatic heterocycles. The Morgan fingerprint density at radius 3 is 2.50 bits per heavy atom. The Bertz CT molecular complexity index is 790. The lowest BCUT2D eigenvalue weighted by molar-refractivity contribution is -0.128. The highest BCUT2D eigenvalue weighted by atomic mass is 32.2. The van der Waals surface area contributed by atoms with Gasteiger partial charge in [0.05, 0.1) is 12.4 Å². The zero-order chi connectivity index (χ0) is 19.9. The number of aryl methyl sites for hydroxylation is 2. The molecule has 0 spiro atoms. The van der Waals surface area contributed by atoms with E-state index >= 15 is 0 Å². The summed E-state index contributed by atoms with van der Waals surface area (Å²) in [7, 11) is 0. The highest BCUT2D eigenvalue weighted by molar-refractivity contribution is 7.99. The molecule has 2 aromatic carbocycles. The summed E-state index contributed by atoms with van der Waals surface area (Å²) in [6.07, 6.45) is 0. The predicted octanol–water partition coefficient (Wildman–Crippen LogP) is 3.90. The fraction of sp³-hybridized carbons (Fsp3) is 0.409. The van der Waals surface area contributed by atoms with E-state index in [-0.39, 0.29) is 11.7 Å². The number of carbonyl (C=O) groups excluding carboxylic acids is 1. The second kappa shape index (κ2) is 9.82. The van der Waals surface area contributed by atoms with Crippen LogP contribution in [-0.2, 0) is 4.79 Å². The molecule has 28 heavy (non-hydrogen) atoms. The first-order chi connectivity index (χ1) is 13.5. The van der Waals surface area contributed by atoms with Crippen molar-refractivity contribution in [2.24, 2.45) is 0 Å². The molecule has 3 rings (SSSR count). The molecule has 0 bridgehead atoms. The molecule has 1 heterocycles. The molecule has 6 heteroatoms. The molecule has 4 nitrogen and oxygen atoms in total. The van der Waals surface area contributed by atoms with Gasteiger partial charge in [-0.25, -0.2) is 4.39 Å². The van der Waals surface area contributed by atoms with Crippen LogP contribution >= 0.6 is 11.8 Å². The number of benzene rings is 2. The number of halogens is 1. The maximum absolute atomic E-state index is 13.0. The predicted molar refractivity (Wildman–Crippen MR) is 114 cm³/mol. The summed E-state index contributed by atoms with van der Waals surface area (Å²) in [6.45, 7) is 7.65. The fourth-order valence-electron chi connectivity index (χ4n) is 3.19. The van der Waals surface area contributed by atoms with Gasteiger partial charge in [-0.3, -0.25) is 4.79 Å². The molecule has 1 amide bonds. The van der Waals surface area contributed by atoms with Gasteiger partial charge >= 0.3 is 0 Å². The molecule has 2 aromatic rings. The molecule has 0 radical (unpaired) electrons. The van der Waals surface area contributed by atoms with E-state index in [0.29, 0.717) is 25.4 Å². The molecule has 0 N–H and O–H groups in total. The Balaban J connectivity index is 1.34. The first-order valence-electron chi connectivity index (χ1n) is 9.59. The third kappa shape index (κ3) is 5.64. The van der Waals surface area contributed by atoms with Crippen LogP contribution in [0.1, 0.15) is 11.1 Å². The molecule has 1 fully saturated rings. The Morgan fingerprint density at radius 2 is 1.79 bits per heavy atom. The van der Waals surface area contributed by atoms with E-state index in [9.17, 15) is 9.18 Å². The maximum atomic E-state index is 13.0. The van der Waals surface area contributed by atoms with Gasteiger partial charge in [-0.1, -0.05) is 12.1 Å². The third-order valence-corrected chi connectivity index (χ3v) is 5.78. The number of piperazine rings is 1. The molecular weight excluding hydrogens is 375 g/mol. The summed E-state index contributed by atoms with van der Waals surface area (Å²) in [5.74, 6) is 2.14. The van der Waals surface area contributed by atoms with E-state index in [1.165, 1.54) is 17.7 Å². The lowest BCUT2D eigenvalue weighted by atomic mass is 10.1. The summed E-state index contributed by atoms with van der Waals surface area (Å²) >= 11 is 1.61. The monoisotopic (exact) mass is 402 g/mol.